The lowest BCUT2D eigenvalue weighted by atomic mass is 10.2. The molecule has 1 aromatic heterocycles. The molecule has 100 valence electrons. The molecule has 0 bridgehead atoms. The minimum absolute atomic E-state index is 0.258. The number of carbonyl (C=O) groups is 1. The fourth-order valence-electron chi connectivity index (χ4n) is 1.51. The molecule has 1 unspecified atom stereocenters. The van der Waals surface area contributed by atoms with Crippen LogP contribution < -0.4 is 5.32 Å². The first-order valence-corrected chi connectivity index (χ1v) is 5.98. The molecule has 0 saturated carbocycles. The SMILES string of the molecule is COC(C)C(=O)Nc1cccc(Cl)c1-n1cncn1. The maximum absolute atomic E-state index is 11.9. The number of rotatable bonds is 4. The summed E-state index contributed by atoms with van der Waals surface area (Å²) in [5, 5.41) is 7.24. The molecule has 7 heteroatoms. The van der Waals surface area contributed by atoms with Crippen LogP contribution in [-0.4, -0.2) is 33.9 Å². The third kappa shape index (κ3) is 2.91. The molecule has 6 nitrogen and oxygen atoms in total. The number of halogens is 1. The number of para-hydroxylation sites is 1. The van der Waals surface area contributed by atoms with Gasteiger partial charge in [-0.25, -0.2) is 9.67 Å². The van der Waals surface area contributed by atoms with Crippen LogP contribution in [-0.2, 0) is 9.53 Å². The van der Waals surface area contributed by atoms with Crippen molar-refractivity contribution in [2.75, 3.05) is 12.4 Å². The van der Waals surface area contributed by atoms with Crippen LogP contribution in [0.15, 0.2) is 30.9 Å². The Morgan fingerprint density at radius 1 is 1.53 bits per heavy atom. The number of aromatic nitrogens is 3. The third-order valence-corrected chi connectivity index (χ3v) is 2.92. The van der Waals surface area contributed by atoms with Gasteiger partial charge >= 0.3 is 0 Å². The van der Waals surface area contributed by atoms with Gasteiger partial charge in [-0.3, -0.25) is 4.79 Å². The lowest BCUT2D eigenvalue weighted by Crippen LogP contribution is -2.27. The molecule has 1 N–H and O–H groups in total. The molecular formula is C12H13ClN4O2. The van der Waals surface area contributed by atoms with Gasteiger partial charge in [0.05, 0.1) is 10.7 Å². The van der Waals surface area contributed by atoms with E-state index >= 15 is 0 Å². The summed E-state index contributed by atoms with van der Waals surface area (Å²) in [5.74, 6) is -0.258. The van der Waals surface area contributed by atoms with E-state index in [-0.39, 0.29) is 5.91 Å². The van der Waals surface area contributed by atoms with Crippen molar-refractivity contribution in [1.29, 1.82) is 0 Å². The van der Waals surface area contributed by atoms with Crippen LogP contribution in [0, 0.1) is 0 Å². The van der Waals surface area contributed by atoms with Gasteiger partial charge < -0.3 is 10.1 Å². The summed E-state index contributed by atoms with van der Waals surface area (Å²) in [5.41, 5.74) is 1.12. The highest BCUT2D eigenvalue weighted by Gasteiger charge is 2.16. The van der Waals surface area contributed by atoms with Gasteiger partial charge in [0.1, 0.15) is 24.4 Å². The summed E-state index contributed by atoms with van der Waals surface area (Å²) in [6.45, 7) is 1.66. The van der Waals surface area contributed by atoms with Crippen LogP contribution in [0.5, 0.6) is 0 Å². The highest BCUT2D eigenvalue weighted by molar-refractivity contribution is 6.33. The molecule has 0 fully saturated rings. The topological polar surface area (TPSA) is 69.0 Å². The Morgan fingerprint density at radius 3 is 2.95 bits per heavy atom. The Hall–Kier alpha value is -1.92. The fourth-order valence-corrected chi connectivity index (χ4v) is 1.78. The summed E-state index contributed by atoms with van der Waals surface area (Å²) in [6.07, 6.45) is 2.35. The largest absolute Gasteiger partial charge is 0.372 e. The van der Waals surface area contributed by atoms with Crippen LogP contribution >= 0.6 is 11.6 Å². The van der Waals surface area contributed by atoms with E-state index in [9.17, 15) is 4.79 Å². The van der Waals surface area contributed by atoms with Crippen molar-refractivity contribution in [3.05, 3.63) is 35.9 Å². The summed E-state index contributed by atoms with van der Waals surface area (Å²) < 4.78 is 6.46. The summed E-state index contributed by atoms with van der Waals surface area (Å²) >= 11 is 6.15. The average Bonchev–Trinajstić information content (AvgIpc) is 2.91. The molecule has 0 saturated heterocycles. The predicted octanol–water partition coefficient (Wildman–Crippen LogP) is 1.89. The molecule has 1 amide bonds. The smallest absolute Gasteiger partial charge is 0.253 e. The van der Waals surface area contributed by atoms with E-state index in [2.05, 4.69) is 15.4 Å². The number of methoxy groups -OCH3 is 1. The Kier molecular flexibility index (Phi) is 4.13. The highest BCUT2D eigenvalue weighted by atomic mass is 35.5. The van der Waals surface area contributed by atoms with Crippen LogP contribution in [0.3, 0.4) is 0 Å². The normalized spacial score (nSPS) is 12.2. The van der Waals surface area contributed by atoms with E-state index in [4.69, 9.17) is 16.3 Å². The molecule has 19 heavy (non-hydrogen) atoms. The second-order valence-electron chi connectivity index (χ2n) is 3.84. The highest BCUT2D eigenvalue weighted by Crippen LogP contribution is 2.27. The molecule has 0 aliphatic carbocycles. The quantitative estimate of drug-likeness (QED) is 0.929. The van der Waals surface area contributed by atoms with E-state index in [0.29, 0.717) is 16.4 Å². The zero-order chi connectivity index (χ0) is 13.8. The number of nitrogens with one attached hydrogen (secondary N) is 1. The number of hydrogen-bond donors (Lipinski definition) is 1. The van der Waals surface area contributed by atoms with E-state index in [0.717, 1.165) is 0 Å². The lowest BCUT2D eigenvalue weighted by molar-refractivity contribution is -0.124. The zero-order valence-corrected chi connectivity index (χ0v) is 11.3. The number of ether oxygens (including phenoxy) is 1. The summed E-state index contributed by atoms with van der Waals surface area (Å²) in [6, 6.07) is 5.20. The minimum atomic E-state index is -0.553. The number of carbonyl (C=O) groups excluding carboxylic acids is 1. The van der Waals surface area contributed by atoms with E-state index in [1.54, 1.807) is 25.1 Å². The van der Waals surface area contributed by atoms with Crippen LogP contribution in [0.2, 0.25) is 5.02 Å². The lowest BCUT2D eigenvalue weighted by Gasteiger charge is -2.14. The molecule has 0 aliphatic heterocycles. The van der Waals surface area contributed by atoms with Crippen molar-refractivity contribution in [1.82, 2.24) is 14.8 Å². The van der Waals surface area contributed by atoms with Gasteiger partial charge in [0.2, 0.25) is 0 Å². The first-order valence-electron chi connectivity index (χ1n) is 5.60. The number of anilines is 1. The minimum Gasteiger partial charge on any atom is -0.372 e. The van der Waals surface area contributed by atoms with Crippen molar-refractivity contribution in [3.63, 3.8) is 0 Å². The average molecular weight is 281 g/mol. The van der Waals surface area contributed by atoms with Gasteiger partial charge in [0.15, 0.2) is 0 Å². The molecule has 0 spiro atoms. The number of amides is 1. The van der Waals surface area contributed by atoms with Crippen LogP contribution in [0.25, 0.3) is 5.69 Å². The van der Waals surface area contributed by atoms with E-state index in [1.165, 1.54) is 24.4 Å². The van der Waals surface area contributed by atoms with Crippen molar-refractivity contribution in [3.8, 4) is 5.69 Å². The Balaban J connectivity index is 2.36. The first kappa shape index (κ1) is 13.5. The van der Waals surface area contributed by atoms with Crippen LogP contribution in [0.4, 0.5) is 5.69 Å². The zero-order valence-electron chi connectivity index (χ0n) is 10.5. The molecule has 1 atom stereocenters. The first-order chi connectivity index (χ1) is 9.13. The maximum Gasteiger partial charge on any atom is 0.253 e. The number of benzene rings is 1. The molecule has 1 heterocycles. The second-order valence-corrected chi connectivity index (χ2v) is 4.25. The van der Waals surface area contributed by atoms with Crippen molar-refractivity contribution in [2.45, 2.75) is 13.0 Å². The molecule has 1 aromatic carbocycles. The molecule has 2 aromatic rings. The molecule has 2 rings (SSSR count). The standard InChI is InChI=1S/C12H13ClN4O2/c1-8(19-2)12(18)16-10-5-3-4-9(13)11(10)17-7-14-6-15-17/h3-8H,1-2H3,(H,16,18). The summed E-state index contributed by atoms with van der Waals surface area (Å²) in [4.78, 5) is 15.7. The molecular weight excluding hydrogens is 268 g/mol. The van der Waals surface area contributed by atoms with Gasteiger partial charge in [-0.05, 0) is 19.1 Å². The summed E-state index contributed by atoms with van der Waals surface area (Å²) in [7, 11) is 1.47. The Labute approximate surface area is 115 Å². The fraction of sp³-hybridized carbons (Fsp3) is 0.250. The second kappa shape index (κ2) is 5.81. The maximum atomic E-state index is 11.9. The van der Waals surface area contributed by atoms with Crippen molar-refractivity contribution < 1.29 is 9.53 Å². The van der Waals surface area contributed by atoms with E-state index in [1.807, 2.05) is 0 Å². The Bertz CT molecular complexity index is 571. The molecule has 0 aliphatic rings. The number of nitrogens with zero attached hydrogens (tertiary/aromatic N) is 3. The third-order valence-electron chi connectivity index (χ3n) is 2.62. The van der Waals surface area contributed by atoms with Gasteiger partial charge in [0.25, 0.3) is 5.91 Å². The Morgan fingerprint density at radius 2 is 2.32 bits per heavy atom. The van der Waals surface area contributed by atoms with E-state index < -0.39 is 6.10 Å². The molecule has 0 radical (unpaired) electrons. The van der Waals surface area contributed by atoms with Gasteiger partial charge in [-0.1, -0.05) is 17.7 Å². The van der Waals surface area contributed by atoms with Crippen molar-refractivity contribution in [2.24, 2.45) is 0 Å². The van der Waals surface area contributed by atoms with Crippen molar-refractivity contribution >= 4 is 23.2 Å². The van der Waals surface area contributed by atoms with Gasteiger partial charge in [-0.2, -0.15) is 5.10 Å². The number of hydrogen-bond acceptors (Lipinski definition) is 4. The predicted molar refractivity (Wildman–Crippen MR) is 71.5 cm³/mol. The van der Waals surface area contributed by atoms with Gasteiger partial charge in [-0.15, -0.1) is 0 Å². The van der Waals surface area contributed by atoms with Crippen LogP contribution in [0.1, 0.15) is 6.92 Å². The monoisotopic (exact) mass is 280 g/mol. The van der Waals surface area contributed by atoms with Gasteiger partial charge in [0, 0.05) is 7.11 Å².